The van der Waals surface area contributed by atoms with Crippen LogP contribution >= 0.6 is 0 Å². The highest BCUT2D eigenvalue weighted by molar-refractivity contribution is 5.93. The van der Waals surface area contributed by atoms with Crippen LogP contribution < -0.4 is 21.0 Å². The number of benzene rings is 2. The van der Waals surface area contributed by atoms with E-state index in [0.29, 0.717) is 17.5 Å². The summed E-state index contributed by atoms with van der Waals surface area (Å²) in [7, 11) is 0. The molecule has 2 aromatic carbocycles. The molecule has 1 saturated heterocycles. The van der Waals surface area contributed by atoms with E-state index in [9.17, 15) is 4.79 Å². The number of hydrogen-bond acceptors (Lipinski definition) is 5. The van der Waals surface area contributed by atoms with Crippen molar-refractivity contribution < 1.29 is 10.0 Å². The molecule has 0 atom stereocenters. The van der Waals surface area contributed by atoms with Gasteiger partial charge in [0.1, 0.15) is 0 Å². The number of hydroxylamine groups is 1. The van der Waals surface area contributed by atoms with E-state index in [0.717, 1.165) is 51.3 Å². The van der Waals surface area contributed by atoms with E-state index in [4.69, 9.17) is 5.21 Å². The zero-order valence-corrected chi connectivity index (χ0v) is 19.6. The molecule has 1 amide bonds. The number of piperidine rings is 1. The summed E-state index contributed by atoms with van der Waals surface area (Å²) in [5.74, 6) is 0.219. The van der Waals surface area contributed by atoms with Crippen LogP contribution in [0.5, 0.6) is 0 Å². The van der Waals surface area contributed by atoms with E-state index >= 15 is 0 Å². The second kappa shape index (κ2) is 12.2. The zero-order valence-electron chi connectivity index (χ0n) is 19.6. The van der Waals surface area contributed by atoms with Crippen molar-refractivity contribution in [2.75, 3.05) is 24.5 Å². The van der Waals surface area contributed by atoms with Gasteiger partial charge in [0, 0.05) is 43.5 Å². The van der Waals surface area contributed by atoms with Crippen molar-refractivity contribution >= 4 is 11.6 Å². The van der Waals surface area contributed by atoms with Gasteiger partial charge in [-0.05, 0) is 73.5 Å². The van der Waals surface area contributed by atoms with Crippen LogP contribution in [-0.4, -0.2) is 36.8 Å². The molecular formula is C27H38N4O2. The van der Waals surface area contributed by atoms with Gasteiger partial charge in [0.05, 0.1) is 0 Å². The summed E-state index contributed by atoms with van der Waals surface area (Å²) in [4.78, 5) is 13.8. The Kier molecular flexibility index (Phi) is 8.75. The molecule has 0 bridgehead atoms. The Bertz CT molecular complexity index is 855. The predicted octanol–water partition coefficient (Wildman–Crippen LogP) is 4.23. The highest BCUT2D eigenvalue weighted by Gasteiger charge is 2.19. The minimum Gasteiger partial charge on any atom is -0.372 e. The molecule has 0 unspecified atom stereocenters. The molecule has 1 aliphatic heterocycles. The first kappa shape index (κ1) is 23.7. The normalized spacial score (nSPS) is 17.8. The Morgan fingerprint density at radius 1 is 0.848 bits per heavy atom. The lowest BCUT2D eigenvalue weighted by Gasteiger charge is -2.33. The van der Waals surface area contributed by atoms with Crippen LogP contribution in [-0.2, 0) is 13.1 Å². The van der Waals surface area contributed by atoms with Gasteiger partial charge in [-0.2, -0.15) is 0 Å². The van der Waals surface area contributed by atoms with Gasteiger partial charge in [-0.25, -0.2) is 5.48 Å². The molecule has 2 fully saturated rings. The van der Waals surface area contributed by atoms with Gasteiger partial charge in [-0.3, -0.25) is 10.0 Å². The fourth-order valence-electron chi connectivity index (χ4n) is 5.05. The second-order valence-corrected chi connectivity index (χ2v) is 9.58. The first-order valence-electron chi connectivity index (χ1n) is 12.5. The summed E-state index contributed by atoms with van der Waals surface area (Å²) in [6.45, 7) is 5.01. The summed E-state index contributed by atoms with van der Waals surface area (Å²) >= 11 is 0. The van der Waals surface area contributed by atoms with Gasteiger partial charge in [0.15, 0.2) is 0 Å². The highest BCUT2D eigenvalue weighted by Crippen LogP contribution is 2.23. The molecule has 4 rings (SSSR count). The van der Waals surface area contributed by atoms with E-state index in [1.807, 2.05) is 12.1 Å². The van der Waals surface area contributed by atoms with Crippen molar-refractivity contribution in [1.29, 1.82) is 0 Å². The average Bonchev–Trinajstić information content (AvgIpc) is 2.89. The molecule has 2 aliphatic rings. The maximum absolute atomic E-state index is 11.5. The lowest BCUT2D eigenvalue weighted by molar-refractivity contribution is 0.0706. The maximum atomic E-state index is 11.5. The molecule has 4 N–H and O–H groups in total. The van der Waals surface area contributed by atoms with Gasteiger partial charge in [0.25, 0.3) is 5.91 Å². The van der Waals surface area contributed by atoms with E-state index in [1.54, 1.807) is 17.6 Å². The van der Waals surface area contributed by atoms with Gasteiger partial charge in [-0.1, -0.05) is 43.5 Å². The average molecular weight is 451 g/mol. The van der Waals surface area contributed by atoms with Crippen molar-refractivity contribution in [2.24, 2.45) is 5.92 Å². The molecular weight excluding hydrogens is 412 g/mol. The number of hydrogen-bond donors (Lipinski definition) is 4. The van der Waals surface area contributed by atoms with E-state index in [2.05, 4.69) is 39.8 Å². The quantitative estimate of drug-likeness (QED) is 0.340. The summed E-state index contributed by atoms with van der Waals surface area (Å²) in [6, 6.07) is 17.2. The minimum atomic E-state index is -0.475. The number of carbonyl (C=O) groups is 1. The largest absolute Gasteiger partial charge is 0.372 e. The number of amides is 1. The van der Waals surface area contributed by atoms with Crippen LogP contribution in [0.15, 0.2) is 48.5 Å². The predicted molar refractivity (Wildman–Crippen MR) is 132 cm³/mol. The van der Waals surface area contributed by atoms with E-state index in [1.165, 1.54) is 43.2 Å². The van der Waals surface area contributed by atoms with Crippen LogP contribution in [0.2, 0.25) is 0 Å². The van der Waals surface area contributed by atoms with Crippen molar-refractivity contribution in [1.82, 2.24) is 16.1 Å². The lowest BCUT2D eigenvalue weighted by atomic mass is 9.95. The van der Waals surface area contributed by atoms with Crippen LogP contribution in [0.1, 0.15) is 66.4 Å². The molecule has 6 nitrogen and oxygen atoms in total. The second-order valence-electron chi connectivity index (χ2n) is 9.58. The van der Waals surface area contributed by atoms with Gasteiger partial charge >= 0.3 is 0 Å². The molecule has 1 saturated carbocycles. The Balaban J connectivity index is 1.13. The molecule has 0 spiro atoms. The van der Waals surface area contributed by atoms with Crippen LogP contribution in [0.25, 0.3) is 0 Å². The van der Waals surface area contributed by atoms with Crippen LogP contribution in [0, 0.1) is 5.92 Å². The number of anilines is 1. The molecule has 6 heteroatoms. The summed E-state index contributed by atoms with van der Waals surface area (Å²) in [6.07, 6.45) is 9.14. The van der Waals surface area contributed by atoms with E-state index in [-0.39, 0.29) is 0 Å². The Morgan fingerprint density at radius 3 is 2.12 bits per heavy atom. The topological polar surface area (TPSA) is 76.6 Å². The summed E-state index contributed by atoms with van der Waals surface area (Å²) in [5, 5.41) is 16.1. The van der Waals surface area contributed by atoms with Crippen molar-refractivity contribution in [3.05, 3.63) is 65.2 Å². The number of rotatable bonds is 9. The number of nitrogens with one attached hydrogen (secondary N) is 3. The summed E-state index contributed by atoms with van der Waals surface area (Å²) < 4.78 is 0. The first-order chi connectivity index (χ1) is 16.2. The Hall–Kier alpha value is -2.41. The molecule has 0 aromatic heterocycles. The van der Waals surface area contributed by atoms with Gasteiger partial charge < -0.3 is 15.5 Å². The fourth-order valence-corrected chi connectivity index (χ4v) is 5.05. The number of nitrogens with zero attached hydrogens (tertiary/aromatic N) is 1. The van der Waals surface area contributed by atoms with Gasteiger partial charge in [0.2, 0.25) is 0 Å². The standard InChI is InChI=1S/C27H38N4O2/c32-27(30-33)24-10-12-26(13-11-24)31-16-14-23(15-17-31)19-28-18-21-6-8-22(9-7-21)20-29-25-4-2-1-3-5-25/h6-13,23,25,28-29,33H,1-5,14-20H2,(H,30,32). The smallest absolute Gasteiger partial charge is 0.274 e. The molecule has 178 valence electrons. The van der Waals surface area contributed by atoms with Crippen molar-refractivity contribution in [3.63, 3.8) is 0 Å². The first-order valence-corrected chi connectivity index (χ1v) is 12.5. The van der Waals surface area contributed by atoms with E-state index < -0.39 is 5.91 Å². The molecule has 33 heavy (non-hydrogen) atoms. The zero-order chi connectivity index (χ0) is 22.9. The Morgan fingerprint density at radius 2 is 1.48 bits per heavy atom. The minimum absolute atomic E-state index is 0.467. The number of carbonyl (C=O) groups excluding carboxylic acids is 1. The van der Waals surface area contributed by atoms with Crippen molar-refractivity contribution in [2.45, 2.75) is 64.1 Å². The third-order valence-electron chi connectivity index (χ3n) is 7.20. The highest BCUT2D eigenvalue weighted by atomic mass is 16.5. The summed E-state index contributed by atoms with van der Waals surface area (Å²) in [5.41, 5.74) is 6.00. The maximum Gasteiger partial charge on any atom is 0.274 e. The SMILES string of the molecule is O=C(NO)c1ccc(N2CCC(CNCc3ccc(CNC4CCCCC4)cc3)CC2)cc1. The molecule has 1 heterocycles. The Labute approximate surface area is 197 Å². The lowest BCUT2D eigenvalue weighted by Crippen LogP contribution is -2.37. The molecule has 2 aromatic rings. The molecule has 1 aliphatic carbocycles. The van der Waals surface area contributed by atoms with Crippen LogP contribution in [0.4, 0.5) is 5.69 Å². The van der Waals surface area contributed by atoms with Crippen LogP contribution in [0.3, 0.4) is 0 Å². The van der Waals surface area contributed by atoms with Crippen molar-refractivity contribution in [3.8, 4) is 0 Å². The molecule has 0 radical (unpaired) electrons. The third-order valence-corrected chi connectivity index (χ3v) is 7.20. The third kappa shape index (κ3) is 7.03. The monoisotopic (exact) mass is 450 g/mol. The fraction of sp³-hybridized carbons (Fsp3) is 0.519. The van der Waals surface area contributed by atoms with Gasteiger partial charge in [-0.15, -0.1) is 0 Å².